The zero-order valence-corrected chi connectivity index (χ0v) is 15.5. The topological polar surface area (TPSA) is 92.5 Å². The van der Waals surface area contributed by atoms with Crippen LogP contribution in [0.3, 0.4) is 0 Å². The molecule has 27 heavy (non-hydrogen) atoms. The molecule has 1 saturated heterocycles. The molecule has 0 spiro atoms. The number of amides is 1. The van der Waals surface area contributed by atoms with Crippen molar-refractivity contribution < 1.29 is 13.9 Å². The van der Waals surface area contributed by atoms with Crippen LogP contribution in [0.5, 0.6) is 0 Å². The van der Waals surface area contributed by atoms with Crippen LogP contribution in [0.4, 0.5) is 5.82 Å². The van der Waals surface area contributed by atoms with Crippen LogP contribution in [0.2, 0.25) is 0 Å². The van der Waals surface area contributed by atoms with Crippen molar-refractivity contribution in [2.75, 3.05) is 38.7 Å². The van der Waals surface area contributed by atoms with Crippen molar-refractivity contribution in [1.82, 2.24) is 20.2 Å². The third kappa shape index (κ3) is 4.28. The summed E-state index contributed by atoms with van der Waals surface area (Å²) >= 11 is 0. The molecule has 2 N–H and O–H groups in total. The molecular weight excluding hydrogens is 346 g/mol. The molecule has 0 radical (unpaired) electrons. The monoisotopic (exact) mass is 371 g/mol. The second kappa shape index (κ2) is 8.06. The number of anilines is 1. The van der Waals surface area contributed by atoms with Gasteiger partial charge in [0.25, 0.3) is 5.91 Å². The Morgan fingerprint density at radius 2 is 2.07 bits per heavy atom. The molecule has 8 heteroatoms. The Kier molecular flexibility index (Phi) is 5.35. The van der Waals surface area contributed by atoms with Gasteiger partial charge in [-0.25, -0.2) is 9.97 Å². The van der Waals surface area contributed by atoms with Gasteiger partial charge in [0.1, 0.15) is 24.2 Å². The van der Waals surface area contributed by atoms with Crippen LogP contribution in [0, 0.1) is 0 Å². The largest absolute Gasteiger partial charge is 0.467 e. The van der Waals surface area contributed by atoms with E-state index < -0.39 is 0 Å². The molecule has 2 aromatic heterocycles. The quantitative estimate of drug-likeness (QED) is 0.797. The van der Waals surface area contributed by atoms with Crippen molar-refractivity contribution in [2.24, 2.45) is 0 Å². The van der Waals surface area contributed by atoms with E-state index in [1.807, 2.05) is 19.2 Å². The van der Waals surface area contributed by atoms with Crippen LogP contribution >= 0.6 is 0 Å². The van der Waals surface area contributed by atoms with Crippen molar-refractivity contribution in [1.29, 1.82) is 0 Å². The van der Waals surface area contributed by atoms with Crippen LogP contribution < -0.4 is 10.6 Å². The fourth-order valence-corrected chi connectivity index (χ4v) is 3.54. The summed E-state index contributed by atoms with van der Waals surface area (Å²) in [5, 5.41) is 6.11. The second-order valence-corrected chi connectivity index (χ2v) is 7.11. The van der Waals surface area contributed by atoms with Crippen LogP contribution in [0.25, 0.3) is 0 Å². The van der Waals surface area contributed by atoms with E-state index >= 15 is 0 Å². The van der Waals surface area contributed by atoms with Gasteiger partial charge in [0.05, 0.1) is 25.3 Å². The van der Waals surface area contributed by atoms with E-state index in [9.17, 15) is 4.79 Å². The number of hydrogen-bond acceptors (Lipinski definition) is 7. The highest BCUT2D eigenvalue weighted by atomic mass is 16.5. The summed E-state index contributed by atoms with van der Waals surface area (Å²) in [7, 11) is 1.84. The zero-order valence-electron chi connectivity index (χ0n) is 15.5. The number of morpholine rings is 1. The molecule has 0 atom stereocenters. The summed E-state index contributed by atoms with van der Waals surface area (Å²) in [6.07, 6.45) is 4.91. The lowest BCUT2D eigenvalue weighted by atomic mass is 9.78. The molecule has 1 aliphatic heterocycles. The fourth-order valence-electron chi connectivity index (χ4n) is 3.54. The van der Waals surface area contributed by atoms with E-state index in [1.54, 1.807) is 12.6 Å². The summed E-state index contributed by atoms with van der Waals surface area (Å²) in [6.45, 7) is 4.00. The number of nitrogens with zero attached hydrogens (tertiary/aromatic N) is 3. The molecule has 2 fully saturated rings. The van der Waals surface area contributed by atoms with Gasteiger partial charge < -0.3 is 19.8 Å². The number of rotatable bonds is 6. The van der Waals surface area contributed by atoms with E-state index in [0.717, 1.165) is 56.4 Å². The summed E-state index contributed by atoms with van der Waals surface area (Å²) in [4.78, 5) is 23.2. The molecule has 0 aromatic carbocycles. The Morgan fingerprint density at radius 3 is 2.85 bits per heavy atom. The highest BCUT2D eigenvalue weighted by Crippen LogP contribution is 2.36. The van der Waals surface area contributed by atoms with Crippen LogP contribution in [-0.2, 0) is 11.3 Å². The lowest BCUT2D eigenvalue weighted by Gasteiger charge is -2.35. The minimum absolute atomic E-state index is 0.0750. The first-order chi connectivity index (χ1) is 13.2. The molecule has 1 amide bonds. The summed E-state index contributed by atoms with van der Waals surface area (Å²) in [5.41, 5.74) is 1.61. The minimum Gasteiger partial charge on any atom is -0.467 e. The van der Waals surface area contributed by atoms with Gasteiger partial charge in [0, 0.05) is 43.9 Å². The molecule has 3 heterocycles. The van der Waals surface area contributed by atoms with Gasteiger partial charge in [-0.15, -0.1) is 0 Å². The molecule has 0 unspecified atom stereocenters. The lowest BCUT2D eigenvalue weighted by Crippen LogP contribution is -2.43. The van der Waals surface area contributed by atoms with Gasteiger partial charge in [-0.1, -0.05) is 0 Å². The van der Waals surface area contributed by atoms with Gasteiger partial charge >= 0.3 is 0 Å². The summed E-state index contributed by atoms with van der Waals surface area (Å²) < 4.78 is 10.9. The molecule has 4 rings (SSSR count). The smallest absolute Gasteiger partial charge is 0.254 e. The average molecular weight is 371 g/mol. The van der Waals surface area contributed by atoms with Gasteiger partial charge in [0.2, 0.25) is 0 Å². The maximum absolute atomic E-state index is 12.5. The molecule has 2 aliphatic rings. The first kappa shape index (κ1) is 17.9. The molecule has 1 aliphatic carbocycles. The van der Waals surface area contributed by atoms with Crippen molar-refractivity contribution in [3.05, 3.63) is 41.7 Å². The molecular formula is C19H25N5O3. The summed E-state index contributed by atoms with van der Waals surface area (Å²) in [6, 6.07) is 3.98. The maximum Gasteiger partial charge on any atom is 0.254 e. The molecule has 1 saturated carbocycles. The third-order valence-electron chi connectivity index (χ3n) is 5.24. The number of nitrogens with one attached hydrogen (secondary N) is 2. The number of carbonyl (C=O) groups is 1. The van der Waals surface area contributed by atoms with E-state index in [2.05, 4.69) is 25.5 Å². The fraction of sp³-hybridized carbons (Fsp3) is 0.526. The Balaban J connectivity index is 1.26. The van der Waals surface area contributed by atoms with E-state index in [1.165, 1.54) is 0 Å². The average Bonchev–Trinajstić information content (AvgIpc) is 3.13. The zero-order chi connectivity index (χ0) is 18.6. The highest BCUT2D eigenvalue weighted by Gasteiger charge is 2.33. The van der Waals surface area contributed by atoms with Gasteiger partial charge in [0.15, 0.2) is 0 Å². The predicted octanol–water partition coefficient (Wildman–Crippen LogP) is 1.62. The molecule has 0 bridgehead atoms. The second-order valence-electron chi connectivity index (χ2n) is 7.11. The normalized spacial score (nSPS) is 22.9. The molecule has 2 aromatic rings. The summed E-state index contributed by atoms with van der Waals surface area (Å²) in [5.74, 6) is 1.92. The lowest BCUT2D eigenvalue weighted by molar-refractivity contribution is 0.0313. The van der Waals surface area contributed by atoms with Gasteiger partial charge in [-0.05, 0) is 18.9 Å². The number of furan rings is 1. The van der Waals surface area contributed by atoms with Crippen LogP contribution in [-0.4, -0.2) is 60.2 Å². The predicted molar refractivity (Wildman–Crippen MR) is 99.6 cm³/mol. The number of hydrogen-bond donors (Lipinski definition) is 2. The van der Waals surface area contributed by atoms with Crippen molar-refractivity contribution >= 4 is 11.7 Å². The number of carbonyl (C=O) groups excluding carboxylic acids is 1. The highest BCUT2D eigenvalue weighted by molar-refractivity contribution is 5.94. The Hall–Kier alpha value is -2.45. The Morgan fingerprint density at radius 1 is 1.26 bits per heavy atom. The van der Waals surface area contributed by atoms with Gasteiger partial charge in [-0.3, -0.25) is 9.69 Å². The first-order valence-electron chi connectivity index (χ1n) is 9.39. The number of ether oxygens (including phenoxy) is 1. The van der Waals surface area contributed by atoms with Gasteiger partial charge in [-0.2, -0.15) is 0 Å². The van der Waals surface area contributed by atoms with Crippen molar-refractivity contribution in [2.45, 2.75) is 31.3 Å². The van der Waals surface area contributed by atoms with Crippen LogP contribution in [0.15, 0.2) is 29.1 Å². The van der Waals surface area contributed by atoms with E-state index in [-0.39, 0.29) is 11.9 Å². The number of aromatic nitrogens is 2. The Bertz CT molecular complexity index is 781. The van der Waals surface area contributed by atoms with Crippen molar-refractivity contribution in [3.8, 4) is 0 Å². The standard InChI is InChI=1S/C19H25N5O3/c1-20-18-9-17(21-12-22-18)13-6-15(7-13)23-19(25)14-8-16(27-11-14)10-24-2-4-26-5-3-24/h8-9,11-13,15H,2-7,10H2,1H3,(H,23,25)(H,20,21,22). The van der Waals surface area contributed by atoms with Crippen molar-refractivity contribution in [3.63, 3.8) is 0 Å². The SMILES string of the molecule is CNc1cc(C2CC(NC(=O)c3coc(CN4CCOCC4)c3)C2)ncn1. The van der Waals surface area contributed by atoms with E-state index in [0.29, 0.717) is 18.0 Å². The Labute approximate surface area is 158 Å². The van der Waals surface area contributed by atoms with Crippen LogP contribution in [0.1, 0.15) is 40.6 Å². The third-order valence-corrected chi connectivity index (χ3v) is 5.24. The minimum atomic E-state index is -0.0750. The molecule has 144 valence electrons. The molecule has 8 nitrogen and oxygen atoms in total. The first-order valence-corrected chi connectivity index (χ1v) is 9.39. The maximum atomic E-state index is 12.5. The van der Waals surface area contributed by atoms with E-state index in [4.69, 9.17) is 9.15 Å².